The number of hydrogen-bond acceptors (Lipinski definition) is 5. The number of rotatable bonds is 4. The lowest BCUT2D eigenvalue weighted by Gasteiger charge is -2.01. The Morgan fingerprint density at radius 2 is 2.04 bits per heavy atom. The van der Waals surface area contributed by atoms with Crippen LogP contribution in [-0.2, 0) is 6.54 Å². The number of halogens is 2. The summed E-state index contributed by atoms with van der Waals surface area (Å²) >= 11 is 8.92. The molecule has 0 spiro atoms. The van der Waals surface area contributed by atoms with E-state index in [0.29, 0.717) is 26.5 Å². The number of fused-ring (bicyclic) bond motifs is 1. The molecule has 0 saturated heterocycles. The third-order valence-corrected chi connectivity index (χ3v) is 6.23. The lowest BCUT2D eigenvalue weighted by molar-refractivity contribution is 0.0955. The summed E-state index contributed by atoms with van der Waals surface area (Å²) in [6, 6.07) is 8.06. The van der Waals surface area contributed by atoms with Gasteiger partial charge in [0.25, 0.3) is 5.91 Å². The summed E-state index contributed by atoms with van der Waals surface area (Å²) in [6.45, 7) is 0.299. The summed E-state index contributed by atoms with van der Waals surface area (Å²) in [5, 5.41) is 6.57. The van der Waals surface area contributed by atoms with Gasteiger partial charge in [-0.1, -0.05) is 11.6 Å². The molecule has 0 fully saturated rings. The molecular formula is C18H11ClFN3OS2. The Balaban J connectivity index is 1.49. The second-order valence-electron chi connectivity index (χ2n) is 5.43. The fraction of sp³-hybridized carbons (Fsp3) is 0.0556. The van der Waals surface area contributed by atoms with Gasteiger partial charge in [-0.15, -0.1) is 22.7 Å². The van der Waals surface area contributed by atoms with Crippen molar-refractivity contribution >= 4 is 50.3 Å². The van der Waals surface area contributed by atoms with Crippen LogP contribution in [0.15, 0.2) is 48.1 Å². The molecule has 4 rings (SSSR count). The summed E-state index contributed by atoms with van der Waals surface area (Å²) < 4.78 is 14.0. The predicted molar refractivity (Wildman–Crippen MR) is 103 cm³/mol. The molecule has 0 unspecified atom stereocenters. The van der Waals surface area contributed by atoms with Gasteiger partial charge in [-0.2, -0.15) is 0 Å². The first-order valence-corrected chi connectivity index (χ1v) is 9.70. The molecule has 0 aliphatic heterocycles. The number of nitrogens with one attached hydrogen (secondary N) is 1. The maximum absolute atomic E-state index is 13.3. The van der Waals surface area contributed by atoms with Crippen molar-refractivity contribution in [2.45, 2.75) is 6.54 Å². The van der Waals surface area contributed by atoms with Crippen LogP contribution in [0.25, 0.3) is 21.3 Å². The predicted octanol–water partition coefficient (Wildman–Crippen LogP) is 5.14. The normalized spacial score (nSPS) is 11.0. The average molecular weight is 404 g/mol. The number of thiazole rings is 1. The lowest BCUT2D eigenvalue weighted by atomic mass is 10.2. The van der Waals surface area contributed by atoms with E-state index in [9.17, 15) is 9.18 Å². The Morgan fingerprint density at radius 3 is 2.85 bits per heavy atom. The smallest absolute Gasteiger partial charge is 0.263 e. The summed E-state index contributed by atoms with van der Waals surface area (Å²) in [6.07, 6.45) is 3.42. The van der Waals surface area contributed by atoms with Gasteiger partial charge >= 0.3 is 0 Å². The van der Waals surface area contributed by atoms with Gasteiger partial charge in [0, 0.05) is 33.4 Å². The molecule has 26 heavy (non-hydrogen) atoms. The number of hydrogen-bond donors (Lipinski definition) is 1. The number of carbonyl (C=O) groups excluding carboxylic acids is 1. The molecule has 1 amide bonds. The van der Waals surface area contributed by atoms with Crippen molar-refractivity contribution in [3.8, 4) is 11.3 Å². The summed E-state index contributed by atoms with van der Waals surface area (Å²) in [5.41, 5.74) is 1.82. The highest BCUT2D eigenvalue weighted by Gasteiger charge is 2.17. The van der Waals surface area contributed by atoms with Gasteiger partial charge in [-0.25, -0.2) is 9.37 Å². The first-order chi connectivity index (χ1) is 12.6. The molecule has 0 atom stereocenters. The second-order valence-corrected chi connectivity index (χ2v) is 7.80. The number of thiophene rings is 1. The summed E-state index contributed by atoms with van der Waals surface area (Å²) in [7, 11) is 0. The molecule has 4 aromatic rings. The Hall–Kier alpha value is -2.35. The van der Waals surface area contributed by atoms with Crippen LogP contribution in [0.1, 0.15) is 14.7 Å². The van der Waals surface area contributed by atoms with Crippen LogP contribution in [-0.4, -0.2) is 15.9 Å². The van der Waals surface area contributed by atoms with E-state index in [-0.39, 0.29) is 11.7 Å². The summed E-state index contributed by atoms with van der Waals surface area (Å²) in [4.78, 5) is 21.3. The molecule has 0 aliphatic carbocycles. The highest BCUT2D eigenvalue weighted by atomic mass is 35.5. The molecule has 1 aromatic carbocycles. The molecule has 130 valence electrons. The molecule has 3 heterocycles. The van der Waals surface area contributed by atoms with Crippen molar-refractivity contribution in [3.63, 3.8) is 0 Å². The van der Waals surface area contributed by atoms with Gasteiger partial charge in [-0.05, 0) is 30.3 Å². The highest BCUT2D eigenvalue weighted by Crippen LogP contribution is 2.35. The average Bonchev–Trinajstić information content (AvgIpc) is 3.25. The third-order valence-electron chi connectivity index (χ3n) is 3.73. The van der Waals surface area contributed by atoms with Crippen LogP contribution >= 0.6 is 34.3 Å². The van der Waals surface area contributed by atoms with Crippen LogP contribution in [0.2, 0.25) is 5.02 Å². The standard InChI is InChI=1S/C18H11ClFN3OS2/c19-16-12-2-1-11(20)7-14(12)26-17(16)18(24)22-8-15-23-13(9-25-15)10-3-5-21-6-4-10/h1-7,9H,8H2,(H,22,24). The topological polar surface area (TPSA) is 54.9 Å². The quantitative estimate of drug-likeness (QED) is 0.513. The van der Waals surface area contributed by atoms with Gasteiger partial charge in [0.05, 0.1) is 17.3 Å². The van der Waals surface area contributed by atoms with Crippen molar-refractivity contribution < 1.29 is 9.18 Å². The van der Waals surface area contributed by atoms with E-state index in [4.69, 9.17) is 11.6 Å². The van der Waals surface area contributed by atoms with E-state index in [0.717, 1.165) is 16.3 Å². The first-order valence-electron chi connectivity index (χ1n) is 7.62. The monoisotopic (exact) mass is 403 g/mol. The fourth-order valence-electron chi connectivity index (χ4n) is 2.47. The van der Waals surface area contributed by atoms with Crippen molar-refractivity contribution in [2.75, 3.05) is 0 Å². The van der Waals surface area contributed by atoms with Gasteiger partial charge < -0.3 is 5.32 Å². The van der Waals surface area contributed by atoms with E-state index in [2.05, 4.69) is 15.3 Å². The number of aromatic nitrogens is 2. The Bertz CT molecular complexity index is 1090. The van der Waals surface area contributed by atoms with Crippen molar-refractivity contribution in [2.24, 2.45) is 0 Å². The number of amides is 1. The fourth-order valence-corrected chi connectivity index (χ4v) is 4.67. The van der Waals surface area contributed by atoms with Crippen molar-refractivity contribution in [3.05, 3.63) is 68.8 Å². The molecule has 3 aromatic heterocycles. The maximum Gasteiger partial charge on any atom is 0.263 e. The minimum atomic E-state index is -0.353. The van der Waals surface area contributed by atoms with E-state index >= 15 is 0 Å². The minimum absolute atomic E-state index is 0.294. The molecule has 0 radical (unpaired) electrons. The van der Waals surface area contributed by atoms with Crippen LogP contribution in [0, 0.1) is 5.82 Å². The van der Waals surface area contributed by atoms with E-state index < -0.39 is 0 Å². The molecule has 4 nitrogen and oxygen atoms in total. The number of nitrogens with zero attached hydrogens (tertiary/aromatic N) is 2. The van der Waals surface area contributed by atoms with Crippen LogP contribution in [0.3, 0.4) is 0 Å². The van der Waals surface area contributed by atoms with E-state index in [1.807, 2.05) is 17.5 Å². The summed E-state index contributed by atoms with van der Waals surface area (Å²) in [5.74, 6) is -0.647. The molecule has 1 N–H and O–H groups in total. The van der Waals surface area contributed by atoms with E-state index in [1.54, 1.807) is 18.5 Å². The lowest BCUT2D eigenvalue weighted by Crippen LogP contribution is -2.22. The molecular weight excluding hydrogens is 393 g/mol. The molecule has 8 heteroatoms. The Labute approximate surface area is 161 Å². The van der Waals surface area contributed by atoms with Crippen molar-refractivity contribution in [1.29, 1.82) is 0 Å². The van der Waals surface area contributed by atoms with Crippen LogP contribution in [0.4, 0.5) is 4.39 Å². The largest absolute Gasteiger partial charge is 0.345 e. The number of carbonyl (C=O) groups is 1. The highest BCUT2D eigenvalue weighted by molar-refractivity contribution is 7.21. The zero-order chi connectivity index (χ0) is 18.1. The molecule has 0 saturated carbocycles. The minimum Gasteiger partial charge on any atom is -0.345 e. The van der Waals surface area contributed by atoms with Crippen LogP contribution < -0.4 is 5.32 Å². The third kappa shape index (κ3) is 3.33. The zero-order valence-corrected chi connectivity index (χ0v) is 15.6. The van der Waals surface area contributed by atoms with Crippen molar-refractivity contribution in [1.82, 2.24) is 15.3 Å². The SMILES string of the molecule is O=C(NCc1nc(-c2ccncc2)cs1)c1sc2cc(F)ccc2c1Cl. The van der Waals surface area contributed by atoms with Gasteiger partial charge in [0.1, 0.15) is 15.7 Å². The second kappa shape index (κ2) is 7.11. The van der Waals surface area contributed by atoms with Gasteiger partial charge in [0.2, 0.25) is 0 Å². The number of pyridine rings is 1. The van der Waals surface area contributed by atoms with E-state index in [1.165, 1.54) is 34.8 Å². The van der Waals surface area contributed by atoms with Gasteiger partial charge in [0.15, 0.2) is 0 Å². The van der Waals surface area contributed by atoms with Gasteiger partial charge in [-0.3, -0.25) is 9.78 Å². The zero-order valence-electron chi connectivity index (χ0n) is 13.2. The van der Waals surface area contributed by atoms with Crippen LogP contribution in [0.5, 0.6) is 0 Å². The maximum atomic E-state index is 13.3. The Morgan fingerprint density at radius 1 is 1.23 bits per heavy atom. The number of benzene rings is 1. The molecule has 0 aliphatic rings. The Kier molecular flexibility index (Phi) is 4.67. The first kappa shape index (κ1) is 17.1. The molecule has 0 bridgehead atoms.